The minimum atomic E-state index is -0.374. The molecule has 0 aliphatic carbocycles. The Morgan fingerprint density at radius 2 is 2.17 bits per heavy atom. The number of aromatic nitrogens is 2. The van der Waals surface area contributed by atoms with Crippen molar-refractivity contribution in [2.45, 2.75) is 38.8 Å². The van der Waals surface area contributed by atoms with Crippen LogP contribution in [0.3, 0.4) is 0 Å². The molecule has 2 unspecified atom stereocenters. The molecule has 1 aromatic carbocycles. The van der Waals surface area contributed by atoms with Crippen molar-refractivity contribution in [3.63, 3.8) is 0 Å². The highest BCUT2D eigenvalue weighted by atomic mass is 16.5. The summed E-state index contributed by atoms with van der Waals surface area (Å²) < 4.78 is 10.6. The highest BCUT2D eigenvalue weighted by Crippen LogP contribution is 2.20. The van der Waals surface area contributed by atoms with E-state index in [1.54, 1.807) is 7.11 Å². The molecule has 2 aromatic rings. The van der Waals surface area contributed by atoms with Crippen LogP contribution >= 0.6 is 0 Å². The Morgan fingerprint density at radius 1 is 1.38 bits per heavy atom. The Bertz CT molecular complexity index is 671. The molecule has 1 heterocycles. The van der Waals surface area contributed by atoms with Crippen LogP contribution in [0.5, 0.6) is 5.75 Å². The standard InChI is InChI=1S/C17H24N4O3/c1-11(18-3)8-16-20-17(24-21-16)15(19-12(2)22)10-13-6-5-7-14(9-13)23-4/h5-7,9,11,15,18H,8,10H2,1-4H3,(H,19,22). The molecule has 0 saturated heterocycles. The number of rotatable bonds is 8. The van der Waals surface area contributed by atoms with E-state index in [2.05, 4.69) is 20.8 Å². The summed E-state index contributed by atoms with van der Waals surface area (Å²) in [6.07, 6.45) is 1.20. The summed E-state index contributed by atoms with van der Waals surface area (Å²) in [5.74, 6) is 1.65. The predicted octanol–water partition coefficient (Wildman–Crippen LogP) is 1.65. The van der Waals surface area contributed by atoms with Gasteiger partial charge in [0.2, 0.25) is 11.8 Å². The second kappa shape index (κ2) is 8.44. The van der Waals surface area contributed by atoms with Crippen molar-refractivity contribution < 1.29 is 14.1 Å². The first kappa shape index (κ1) is 17.9. The number of nitrogens with zero attached hydrogens (tertiary/aromatic N) is 2. The molecule has 130 valence electrons. The second-order valence-corrected chi connectivity index (χ2v) is 5.75. The number of benzene rings is 1. The fraction of sp³-hybridized carbons (Fsp3) is 0.471. The monoisotopic (exact) mass is 332 g/mol. The molecular weight excluding hydrogens is 308 g/mol. The number of ether oxygens (including phenoxy) is 1. The molecule has 7 nitrogen and oxygen atoms in total. The smallest absolute Gasteiger partial charge is 0.249 e. The summed E-state index contributed by atoms with van der Waals surface area (Å²) in [6.45, 7) is 3.51. The molecule has 0 spiro atoms. The third kappa shape index (κ3) is 5.06. The molecule has 2 atom stereocenters. The Hall–Kier alpha value is -2.41. The van der Waals surface area contributed by atoms with E-state index in [1.165, 1.54) is 6.92 Å². The van der Waals surface area contributed by atoms with Crippen LogP contribution in [0.25, 0.3) is 0 Å². The molecule has 0 bridgehead atoms. The Balaban J connectivity index is 2.17. The van der Waals surface area contributed by atoms with E-state index in [4.69, 9.17) is 9.26 Å². The minimum absolute atomic E-state index is 0.147. The number of hydrogen-bond acceptors (Lipinski definition) is 6. The maximum atomic E-state index is 11.5. The maximum absolute atomic E-state index is 11.5. The summed E-state index contributed by atoms with van der Waals surface area (Å²) in [5, 5.41) is 10.0. The van der Waals surface area contributed by atoms with Crippen molar-refractivity contribution in [1.82, 2.24) is 20.8 Å². The fourth-order valence-corrected chi connectivity index (χ4v) is 2.35. The largest absolute Gasteiger partial charge is 0.497 e. The number of nitrogens with one attached hydrogen (secondary N) is 2. The molecule has 0 aliphatic heterocycles. The Labute approximate surface area is 141 Å². The second-order valence-electron chi connectivity index (χ2n) is 5.75. The van der Waals surface area contributed by atoms with Crippen LogP contribution in [0, 0.1) is 0 Å². The third-order valence-electron chi connectivity index (χ3n) is 3.71. The zero-order valence-electron chi connectivity index (χ0n) is 14.5. The minimum Gasteiger partial charge on any atom is -0.497 e. The van der Waals surface area contributed by atoms with Crippen molar-refractivity contribution >= 4 is 5.91 Å². The molecule has 2 rings (SSSR count). The van der Waals surface area contributed by atoms with E-state index in [9.17, 15) is 4.79 Å². The van der Waals surface area contributed by atoms with E-state index in [0.717, 1.165) is 11.3 Å². The van der Waals surface area contributed by atoms with Gasteiger partial charge in [0.1, 0.15) is 11.8 Å². The maximum Gasteiger partial charge on any atom is 0.249 e. The highest BCUT2D eigenvalue weighted by Gasteiger charge is 2.21. The van der Waals surface area contributed by atoms with Crippen LogP contribution in [0.2, 0.25) is 0 Å². The predicted molar refractivity (Wildman–Crippen MR) is 89.8 cm³/mol. The van der Waals surface area contributed by atoms with Crippen LogP contribution in [0.15, 0.2) is 28.8 Å². The first-order chi connectivity index (χ1) is 11.5. The zero-order chi connectivity index (χ0) is 17.5. The number of methoxy groups -OCH3 is 1. The molecule has 7 heteroatoms. The summed E-state index contributed by atoms with van der Waals surface area (Å²) in [4.78, 5) is 16.0. The van der Waals surface area contributed by atoms with Crippen molar-refractivity contribution in [2.75, 3.05) is 14.2 Å². The summed E-state index contributed by atoms with van der Waals surface area (Å²) in [7, 11) is 3.51. The molecule has 0 fully saturated rings. The Kier molecular flexibility index (Phi) is 6.31. The van der Waals surface area contributed by atoms with Gasteiger partial charge in [-0.2, -0.15) is 4.98 Å². The zero-order valence-corrected chi connectivity index (χ0v) is 14.5. The molecule has 1 aromatic heterocycles. The molecule has 1 amide bonds. The normalized spacial score (nSPS) is 13.3. The van der Waals surface area contributed by atoms with Crippen molar-refractivity contribution in [3.05, 3.63) is 41.5 Å². The number of carbonyl (C=O) groups excluding carboxylic acids is 1. The van der Waals surface area contributed by atoms with Gasteiger partial charge >= 0.3 is 0 Å². The average Bonchev–Trinajstić information content (AvgIpc) is 3.02. The number of amides is 1. The summed E-state index contributed by atoms with van der Waals surface area (Å²) >= 11 is 0. The highest BCUT2D eigenvalue weighted by molar-refractivity contribution is 5.73. The van der Waals surface area contributed by atoms with Gasteiger partial charge in [0.15, 0.2) is 5.82 Å². The van der Waals surface area contributed by atoms with Gasteiger partial charge in [0.05, 0.1) is 7.11 Å². The first-order valence-electron chi connectivity index (χ1n) is 7.91. The van der Waals surface area contributed by atoms with Gasteiger partial charge in [0, 0.05) is 25.8 Å². The van der Waals surface area contributed by atoms with Gasteiger partial charge in [-0.15, -0.1) is 0 Å². The molecular formula is C17H24N4O3. The quantitative estimate of drug-likeness (QED) is 0.764. The van der Waals surface area contributed by atoms with Gasteiger partial charge in [-0.3, -0.25) is 4.79 Å². The van der Waals surface area contributed by atoms with E-state index >= 15 is 0 Å². The lowest BCUT2D eigenvalue weighted by Gasteiger charge is -2.14. The summed E-state index contributed by atoms with van der Waals surface area (Å²) in [6, 6.07) is 7.55. The van der Waals surface area contributed by atoms with Crippen LogP contribution in [0.1, 0.15) is 37.2 Å². The Morgan fingerprint density at radius 3 is 2.83 bits per heavy atom. The van der Waals surface area contributed by atoms with Crippen LogP contribution in [-0.4, -0.2) is 36.2 Å². The molecule has 24 heavy (non-hydrogen) atoms. The third-order valence-corrected chi connectivity index (χ3v) is 3.71. The fourth-order valence-electron chi connectivity index (χ4n) is 2.35. The average molecular weight is 332 g/mol. The lowest BCUT2D eigenvalue weighted by atomic mass is 10.1. The van der Waals surface area contributed by atoms with E-state index < -0.39 is 0 Å². The number of carbonyl (C=O) groups is 1. The molecule has 0 saturated carbocycles. The van der Waals surface area contributed by atoms with Gasteiger partial charge in [-0.25, -0.2) is 0 Å². The van der Waals surface area contributed by atoms with Gasteiger partial charge < -0.3 is 19.9 Å². The SMILES string of the molecule is CNC(C)Cc1noc(C(Cc2cccc(OC)c2)NC(C)=O)n1. The lowest BCUT2D eigenvalue weighted by molar-refractivity contribution is -0.119. The van der Waals surface area contributed by atoms with Gasteiger partial charge in [0.25, 0.3) is 0 Å². The van der Waals surface area contributed by atoms with Crippen LogP contribution in [-0.2, 0) is 17.6 Å². The van der Waals surface area contributed by atoms with E-state index in [-0.39, 0.29) is 18.0 Å². The van der Waals surface area contributed by atoms with Crippen molar-refractivity contribution in [2.24, 2.45) is 0 Å². The van der Waals surface area contributed by atoms with Gasteiger partial charge in [-0.05, 0) is 31.7 Å². The first-order valence-corrected chi connectivity index (χ1v) is 7.91. The topological polar surface area (TPSA) is 89.3 Å². The van der Waals surface area contributed by atoms with Crippen LogP contribution in [0.4, 0.5) is 0 Å². The molecule has 0 radical (unpaired) electrons. The molecule has 2 N–H and O–H groups in total. The van der Waals surface area contributed by atoms with Crippen molar-refractivity contribution in [3.8, 4) is 5.75 Å². The van der Waals surface area contributed by atoms with Crippen molar-refractivity contribution in [1.29, 1.82) is 0 Å². The summed E-state index contributed by atoms with van der Waals surface area (Å²) in [5.41, 5.74) is 1.01. The number of hydrogen-bond donors (Lipinski definition) is 2. The van der Waals surface area contributed by atoms with Crippen LogP contribution < -0.4 is 15.4 Å². The number of likely N-dealkylation sites (N-methyl/N-ethyl adjacent to an activating group) is 1. The van der Waals surface area contributed by atoms with Gasteiger partial charge in [-0.1, -0.05) is 17.3 Å². The molecule has 0 aliphatic rings. The van der Waals surface area contributed by atoms with E-state index in [0.29, 0.717) is 24.6 Å². The van der Waals surface area contributed by atoms with E-state index in [1.807, 2.05) is 38.2 Å². The lowest BCUT2D eigenvalue weighted by Crippen LogP contribution is -2.28.